The van der Waals surface area contributed by atoms with E-state index in [-0.39, 0.29) is 11.7 Å². The lowest BCUT2D eigenvalue weighted by Crippen LogP contribution is -2.08. The van der Waals surface area contributed by atoms with Gasteiger partial charge in [-0.3, -0.25) is 0 Å². The van der Waals surface area contributed by atoms with Crippen LogP contribution in [-0.2, 0) is 0 Å². The number of benzene rings is 2. The van der Waals surface area contributed by atoms with E-state index in [4.69, 9.17) is 0 Å². The fraction of sp³-hybridized carbons (Fsp3) is 0.158. The molecule has 2 heteroatoms. The zero-order valence-electron chi connectivity index (χ0n) is 12.0. The predicted molar refractivity (Wildman–Crippen MR) is 85.3 cm³/mol. The molecule has 1 atom stereocenters. The summed E-state index contributed by atoms with van der Waals surface area (Å²) in [4.78, 5) is 0. The molecule has 2 nitrogen and oxygen atoms in total. The van der Waals surface area contributed by atoms with Crippen LogP contribution in [0.2, 0.25) is 0 Å². The molecular formula is C19H18O2. The summed E-state index contributed by atoms with van der Waals surface area (Å²) in [5.41, 5.74) is 4.70. The van der Waals surface area contributed by atoms with Crippen LogP contribution >= 0.6 is 0 Å². The van der Waals surface area contributed by atoms with Crippen LogP contribution in [0.1, 0.15) is 29.0 Å². The van der Waals surface area contributed by atoms with Crippen molar-refractivity contribution in [1.29, 1.82) is 0 Å². The normalized spacial score (nSPS) is 18.0. The van der Waals surface area contributed by atoms with Gasteiger partial charge in [-0.1, -0.05) is 42.5 Å². The van der Waals surface area contributed by atoms with Crippen molar-refractivity contribution in [2.24, 2.45) is 0 Å². The third-order valence-corrected chi connectivity index (χ3v) is 4.01. The maximum atomic E-state index is 9.92. The van der Waals surface area contributed by atoms with Crippen LogP contribution in [0.4, 0.5) is 0 Å². The van der Waals surface area contributed by atoms with Crippen LogP contribution in [0.25, 0.3) is 5.57 Å². The maximum absolute atomic E-state index is 9.92. The third-order valence-electron chi connectivity index (χ3n) is 4.01. The molecule has 1 unspecified atom stereocenters. The second-order valence-corrected chi connectivity index (χ2v) is 5.44. The number of phenols is 1. The van der Waals surface area contributed by atoms with Crippen LogP contribution in [-0.4, -0.2) is 10.2 Å². The highest BCUT2D eigenvalue weighted by Gasteiger charge is 2.23. The van der Waals surface area contributed by atoms with Gasteiger partial charge in [0.15, 0.2) is 0 Å². The second-order valence-electron chi connectivity index (χ2n) is 5.44. The van der Waals surface area contributed by atoms with E-state index in [0.29, 0.717) is 12.2 Å². The SMILES string of the molecule is Cc1ccccc1C1CC(O)=CC=C1c1ccc(O)cc1. The molecule has 106 valence electrons. The number of hydrogen-bond acceptors (Lipinski definition) is 2. The van der Waals surface area contributed by atoms with E-state index in [1.54, 1.807) is 18.2 Å². The Morgan fingerprint density at radius 3 is 2.33 bits per heavy atom. The molecule has 2 aromatic rings. The highest BCUT2D eigenvalue weighted by Crippen LogP contribution is 2.40. The average Bonchev–Trinajstić information content (AvgIpc) is 2.49. The van der Waals surface area contributed by atoms with Crippen molar-refractivity contribution < 1.29 is 10.2 Å². The van der Waals surface area contributed by atoms with Gasteiger partial charge in [0.25, 0.3) is 0 Å². The van der Waals surface area contributed by atoms with Gasteiger partial charge in [-0.05, 0) is 47.4 Å². The molecule has 0 amide bonds. The monoisotopic (exact) mass is 278 g/mol. The number of aliphatic hydroxyl groups is 1. The summed E-state index contributed by atoms with van der Waals surface area (Å²) in [5, 5.41) is 19.4. The van der Waals surface area contributed by atoms with Gasteiger partial charge >= 0.3 is 0 Å². The van der Waals surface area contributed by atoms with Gasteiger partial charge in [-0.2, -0.15) is 0 Å². The van der Waals surface area contributed by atoms with Gasteiger partial charge in [0.1, 0.15) is 5.75 Å². The van der Waals surface area contributed by atoms with Gasteiger partial charge in [0.05, 0.1) is 5.76 Å². The smallest absolute Gasteiger partial charge is 0.115 e. The van der Waals surface area contributed by atoms with Crippen molar-refractivity contribution in [2.45, 2.75) is 19.3 Å². The molecule has 1 aliphatic rings. The molecule has 0 radical (unpaired) electrons. The molecular weight excluding hydrogens is 260 g/mol. The minimum Gasteiger partial charge on any atom is -0.512 e. The standard InChI is InChI=1S/C19H18O2/c1-13-4-2-3-5-17(13)19-12-16(21)10-11-18(19)14-6-8-15(20)9-7-14/h2-11,19-21H,12H2,1H3. The minimum absolute atomic E-state index is 0.140. The summed E-state index contributed by atoms with van der Waals surface area (Å²) < 4.78 is 0. The van der Waals surface area contributed by atoms with Crippen LogP contribution in [0, 0.1) is 6.92 Å². The number of hydrogen-bond donors (Lipinski definition) is 2. The summed E-state index contributed by atoms with van der Waals surface area (Å²) in [6.45, 7) is 2.10. The van der Waals surface area contributed by atoms with Crippen LogP contribution < -0.4 is 0 Å². The van der Waals surface area contributed by atoms with Gasteiger partial charge in [0, 0.05) is 12.3 Å². The Morgan fingerprint density at radius 2 is 1.62 bits per heavy atom. The Kier molecular flexibility index (Phi) is 3.53. The molecule has 0 saturated heterocycles. The Hall–Kier alpha value is -2.48. The summed E-state index contributed by atoms with van der Waals surface area (Å²) in [5.74, 6) is 0.813. The molecule has 0 saturated carbocycles. The molecule has 0 heterocycles. The lowest BCUT2D eigenvalue weighted by molar-refractivity contribution is 0.381. The number of aliphatic hydroxyl groups excluding tert-OH is 1. The molecule has 2 aromatic carbocycles. The van der Waals surface area contributed by atoms with Gasteiger partial charge < -0.3 is 10.2 Å². The zero-order chi connectivity index (χ0) is 14.8. The Labute approximate surface area is 124 Å². The van der Waals surface area contributed by atoms with E-state index in [9.17, 15) is 10.2 Å². The quantitative estimate of drug-likeness (QED) is 0.835. The third kappa shape index (κ3) is 2.70. The molecule has 2 N–H and O–H groups in total. The topological polar surface area (TPSA) is 40.5 Å². The van der Waals surface area contributed by atoms with Gasteiger partial charge in [0.2, 0.25) is 0 Å². The van der Waals surface area contributed by atoms with Gasteiger partial charge in [-0.25, -0.2) is 0 Å². The summed E-state index contributed by atoms with van der Waals surface area (Å²) in [7, 11) is 0. The highest BCUT2D eigenvalue weighted by molar-refractivity contribution is 5.75. The van der Waals surface area contributed by atoms with E-state index in [1.165, 1.54) is 16.7 Å². The molecule has 3 rings (SSSR count). The fourth-order valence-electron chi connectivity index (χ4n) is 2.90. The molecule has 0 spiro atoms. The van der Waals surface area contributed by atoms with E-state index in [0.717, 1.165) is 5.56 Å². The van der Waals surface area contributed by atoms with E-state index in [1.807, 2.05) is 30.3 Å². The molecule has 0 aliphatic heterocycles. The Balaban J connectivity index is 2.07. The van der Waals surface area contributed by atoms with Crippen molar-refractivity contribution in [3.05, 3.63) is 83.1 Å². The molecule has 21 heavy (non-hydrogen) atoms. The lowest BCUT2D eigenvalue weighted by Gasteiger charge is -2.25. The number of aryl methyl sites for hydroxylation is 1. The van der Waals surface area contributed by atoms with Crippen LogP contribution in [0.15, 0.2) is 66.4 Å². The Morgan fingerprint density at radius 1 is 0.905 bits per heavy atom. The first-order valence-corrected chi connectivity index (χ1v) is 7.10. The molecule has 0 bridgehead atoms. The van der Waals surface area contributed by atoms with Crippen molar-refractivity contribution in [3.8, 4) is 5.75 Å². The first-order valence-electron chi connectivity index (χ1n) is 7.10. The average molecular weight is 278 g/mol. The highest BCUT2D eigenvalue weighted by atomic mass is 16.3. The predicted octanol–water partition coefficient (Wildman–Crippen LogP) is 4.71. The number of aromatic hydroxyl groups is 1. The van der Waals surface area contributed by atoms with Crippen molar-refractivity contribution >= 4 is 5.57 Å². The van der Waals surface area contributed by atoms with Crippen LogP contribution in [0.5, 0.6) is 5.75 Å². The molecule has 0 fully saturated rings. The van der Waals surface area contributed by atoms with E-state index >= 15 is 0 Å². The molecule has 1 aliphatic carbocycles. The van der Waals surface area contributed by atoms with Crippen molar-refractivity contribution in [1.82, 2.24) is 0 Å². The van der Waals surface area contributed by atoms with Crippen LogP contribution in [0.3, 0.4) is 0 Å². The minimum atomic E-state index is 0.140. The van der Waals surface area contributed by atoms with E-state index < -0.39 is 0 Å². The number of phenolic OH excluding ortho intramolecular Hbond substituents is 1. The molecule has 0 aromatic heterocycles. The first-order chi connectivity index (χ1) is 10.1. The van der Waals surface area contributed by atoms with E-state index in [2.05, 4.69) is 19.1 Å². The lowest BCUT2D eigenvalue weighted by atomic mass is 9.79. The van der Waals surface area contributed by atoms with Gasteiger partial charge in [-0.15, -0.1) is 0 Å². The zero-order valence-corrected chi connectivity index (χ0v) is 12.0. The van der Waals surface area contributed by atoms with Crippen molar-refractivity contribution in [2.75, 3.05) is 0 Å². The Bertz CT molecular complexity index is 709. The second kappa shape index (κ2) is 5.49. The maximum Gasteiger partial charge on any atom is 0.115 e. The first kappa shape index (κ1) is 13.5. The number of allylic oxidation sites excluding steroid dienone is 4. The number of rotatable bonds is 2. The fourth-order valence-corrected chi connectivity index (χ4v) is 2.90. The largest absolute Gasteiger partial charge is 0.512 e. The summed E-state index contributed by atoms with van der Waals surface area (Å²) in [6, 6.07) is 15.5. The summed E-state index contributed by atoms with van der Waals surface area (Å²) >= 11 is 0. The van der Waals surface area contributed by atoms with Crippen molar-refractivity contribution in [3.63, 3.8) is 0 Å². The summed E-state index contributed by atoms with van der Waals surface area (Å²) in [6.07, 6.45) is 4.34.